The monoisotopic (exact) mass is 398 g/mol. The summed E-state index contributed by atoms with van der Waals surface area (Å²) < 4.78 is 5.56. The Balaban J connectivity index is 1.93. The summed E-state index contributed by atoms with van der Waals surface area (Å²) in [5.74, 6) is 0.604. The quantitative estimate of drug-likeness (QED) is 0.577. The van der Waals surface area contributed by atoms with Crippen molar-refractivity contribution in [2.24, 2.45) is 0 Å². The van der Waals surface area contributed by atoms with E-state index in [1.54, 1.807) is 25.3 Å². The SMILES string of the molecule is COc1cc2c(cc1-c1cc(Cl)ccc1Cl)C(c1ccccc1)NC(=O)N2. The van der Waals surface area contributed by atoms with Gasteiger partial charge in [-0.05, 0) is 29.8 Å². The highest BCUT2D eigenvalue weighted by Crippen LogP contribution is 2.43. The van der Waals surface area contributed by atoms with Crippen LogP contribution in [0, 0.1) is 0 Å². The van der Waals surface area contributed by atoms with Crippen molar-refractivity contribution >= 4 is 34.9 Å². The molecule has 2 N–H and O–H groups in total. The fourth-order valence-electron chi connectivity index (χ4n) is 3.30. The standard InChI is InChI=1S/C21H16Cl2N2O2/c1-27-19-11-18-16(10-15(19)14-9-13(22)7-8-17(14)23)20(25-21(26)24-18)12-5-3-2-4-6-12/h2-11,20H,1H3,(H2,24,25,26). The number of rotatable bonds is 3. The van der Waals surface area contributed by atoms with Crippen molar-refractivity contribution in [1.82, 2.24) is 5.32 Å². The highest BCUT2D eigenvalue weighted by Gasteiger charge is 2.27. The van der Waals surface area contributed by atoms with Crippen molar-refractivity contribution in [1.29, 1.82) is 0 Å². The predicted octanol–water partition coefficient (Wildman–Crippen LogP) is 5.89. The van der Waals surface area contributed by atoms with Gasteiger partial charge in [0.05, 0.1) is 18.8 Å². The number of anilines is 1. The van der Waals surface area contributed by atoms with E-state index < -0.39 is 0 Å². The lowest BCUT2D eigenvalue weighted by Gasteiger charge is -2.29. The highest BCUT2D eigenvalue weighted by atomic mass is 35.5. The second-order valence-electron chi connectivity index (χ2n) is 6.21. The molecule has 1 atom stereocenters. The number of amides is 2. The molecule has 0 spiro atoms. The molecular formula is C21H16Cl2N2O2. The van der Waals surface area contributed by atoms with Crippen LogP contribution in [-0.4, -0.2) is 13.1 Å². The summed E-state index contributed by atoms with van der Waals surface area (Å²) in [6, 6.07) is 18.4. The average molecular weight is 399 g/mol. The van der Waals surface area contributed by atoms with Gasteiger partial charge in [-0.15, -0.1) is 0 Å². The van der Waals surface area contributed by atoms with Gasteiger partial charge < -0.3 is 15.4 Å². The smallest absolute Gasteiger partial charge is 0.320 e. The molecule has 0 radical (unpaired) electrons. The molecule has 2 amide bonds. The van der Waals surface area contributed by atoms with Crippen LogP contribution >= 0.6 is 23.2 Å². The molecule has 0 aliphatic carbocycles. The Morgan fingerprint density at radius 2 is 1.74 bits per heavy atom. The Morgan fingerprint density at radius 1 is 0.963 bits per heavy atom. The highest BCUT2D eigenvalue weighted by molar-refractivity contribution is 6.35. The molecule has 0 saturated carbocycles. The summed E-state index contributed by atoms with van der Waals surface area (Å²) in [5.41, 5.74) is 4.19. The molecular weight excluding hydrogens is 383 g/mol. The lowest BCUT2D eigenvalue weighted by atomic mass is 9.91. The third-order valence-electron chi connectivity index (χ3n) is 4.56. The van der Waals surface area contributed by atoms with Crippen LogP contribution in [0.1, 0.15) is 17.2 Å². The number of halogens is 2. The predicted molar refractivity (Wildman–Crippen MR) is 109 cm³/mol. The van der Waals surface area contributed by atoms with Gasteiger partial charge in [-0.1, -0.05) is 53.5 Å². The Kier molecular flexibility index (Phi) is 4.68. The molecule has 1 aliphatic heterocycles. The second kappa shape index (κ2) is 7.14. The first-order chi connectivity index (χ1) is 13.1. The van der Waals surface area contributed by atoms with E-state index in [0.29, 0.717) is 21.5 Å². The fraction of sp³-hybridized carbons (Fsp3) is 0.0952. The van der Waals surface area contributed by atoms with Crippen LogP contribution < -0.4 is 15.4 Å². The van der Waals surface area contributed by atoms with Crippen LogP contribution in [0.25, 0.3) is 11.1 Å². The normalized spacial score (nSPS) is 15.5. The molecule has 0 fully saturated rings. The summed E-state index contributed by atoms with van der Waals surface area (Å²) in [6.07, 6.45) is 0. The van der Waals surface area contributed by atoms with Crippen molar-refractivity contribution in [3.8, 4) is 16.9 Å². The number of carbonyl (C=O) groups excluding carboxylic acids is 1. The second-order valence-corrected chi connectivity index (χ2v) is 7.05. The van der Waals surface area contributed by atoms with Gasteiger partial charge in [0.15, 0.2) is 0 Å². The first kappa shape index (κ1) is 17.7. The molecule has 4 nitrogen and oxygen atoms in total. The van der Waals surface area contributed by atoms with Gasteiger partial charge >= 0.3 is 6.03 Å². The van der Waals surface area contributed by atoms with E-state index in [2.05, 4.69) is 10.6 Å². The lowest BCUT2D eigenvalue weighted by molar-refractivity contribution is 0.249. The van der Waals surface area contributed by atoms with Gasteiger partial charge in [0.25, 0.3) is 0 Å². The molecule has 0 saturated heterocycles. The lowest BCUT2D eigenvalue weighted by Crippen LogP contribution is -2.38. The Morgan fingerprint density at radius 3 is 2.48 bits per heavy atom. The molecule has 0 bridgehead atoms. The van der Waals surface area contributed by atoms with Crippen LogP contribution in [0.15, 0.2) is 60.7 Å². The van der Waals surface area contributed by atoms with Gasteiger partial charge in [-0.3, -0.25) is 0 Å². The Hall–Kier alpha value is -2.69. The van der Waals surface area contributed by atoms with Crippen molar-refractivity contribution < 1.29 is 9.53 Å². The van der Waals surface area contributed by atoms with E-state index in [1.165, 1.54) is 0 Å². The summed E-state index contributed by atoms with van der Waals surface area (Å²) >= 11 is 12.6. The number of nitrogens with one attached hydrogen (secondary N) is 2. The number of carbonyl (C=O) groups is 1. The number of fused-ring (bicyclic) bond motifs is 1. The maximum Gasteiger partial charge on any atom is 0.320 e. The fourth-order valence-corrected chi connectivity index (χ4v) is 3.69. The maximum atomic E-state index is 12.2. The molecule has 6 heteroatoms. The minimum absolute atomic E-state index is 0.257. The molecule has 4 rings (SSSR count). The molecule has 0 aromatic heterocycles. The molecule has 1 heterocycles. The van der Waals surface area contributed by atoms with Gasteiger partial charge in [0, 0.05) is 32.8 Å². The van der Waals surface area contributed by atoms with Crippen molar-refractivity contribution in [3.05, 3.63) is 81.8 Å². The van der Waals surface area contributed by atoms with E-state index in [0.717, 1.165) is 22.3 Å². The summed E-state index contributed by atoms with van der Waals surface area (Å²) in [6.45, 7) is 0. The third-order valence-corrected chi connectivity index (χ3v) is 5.12. The van der Waals surface area contributed by atoms with Crippen molar-refractivity contribution in [2.45, 2.75) is 6.04 Å². The third kappa shape index (κ3) is 3.34. The summed E-state index contributed by atoms with van der Waals surface area (Å²) in [4.78, 5) is 12.2. The molecule has 136 valence electrons. The van der Waals surface area contributed by atoms with Crippen molar-refractivity contribution in [2.75, 3.05) is 12.4 Å². The first-order valence-corrected chi connectivity index (χ1v) is 9.12. The molecule has 3 aromatic rings. The van der Waals surface area contributed by atoms with Crippen LogP contribution in [0.2, 0.25) is 10.0 Å². The Bertz CT molecular complexity index is 1020. The zero-order chi connectivity index (χ0) is 19.0. The number of hydrogen-bond donors (Lipinski definition) is 2. The van der Waals surface area contributed by atoms with E-state index in [4.69, 9.17) is 27.9 Å². The number of methoxy groups -OCH3 is 1. The Labute approximate surface area is 167 Å². The summed E-state index contributed by atoms with van der Waals surface area (Å²) in [7, 11) is 1.58. The van der Waals surface area contributed by atoms with Crippen LogP contribution in [0.3, 0.4) is 0 Å². The molecule has 27 heavy (non-hydrogen) atoms. The summed E-state index contributed by atoms with van der Waals surface area (Å²) in [5, 5.41) is 6.99. The van der Waals surface area contributed by atoms with Gasteiger partial charge in [0.1, 0.15) is 5.75 Å². The minimum atomic E-state index is -0.280. The zero-order valence-corrected chi connectivity index (χ0v) is 15.9. The van der Waals surface area contributed by atoms with Crippen LogP contribution in [0.5, 0.6) is 5.75 Å². The first-order valence-electron chi connectivity index (χ1n) is 8.36. The molecule has 1 unspecified atom stereocenters. The van der Waals surface area contributed by atoms with Crippen molar-refractivity contribution in [3.63, 3.8) is 0 Å². The zero-order valence-electron chi connectivity index (χ0n) is 14.4. The average Bonchev–Trinajstić information content (AvgIpc) is 2.69. The number of urea groups is 1. The number of ether oxygens (including phenoxy) is 1. The maximum absolute atomic E-state index is 12.2. The van der Waals surface area contributed by atoms with E-state index >= 15 is 0 Å². The largest absolute Gasteiger partial charge is 0.496 e. The van der Waals surface area contributed by atoms with Gasteiger partial charge in [-0.25, -0.2) is 4.79 Å². The van der Waals surface area contributed by atoms with E-state index in [9.17, 15) is 4.79 Å². The van der Waals surface area contributed by atoms with Crippen LogP contribution in [0.4, 0.5) is 10.5 Å². The van der Waals surface area contributed by atoms with E-state index in [-0.39, 0.29) is 12.1 Å². The topological polar surface area (TPSA) is 50.4 Å². The van der Waals surface area contributed by atoms with Crippen LogP contribution in [-0.2, 0) is 0 Å². The molecule has 1 aliphatic rings. The number of hydrogen-bond acceptors (Lipinski definition) is 2. The van der Waals surface area contributed by atoms with Gasteiger partial charge in [-0.2, -0.15) is 0 Å². The number of benzene rings is 3. The molecule has 3 aromatic carbocycles. The minimum Gasteiger partial charge on any atom is -0.496 e. The van der Waals surface area contributed by atoms with E-state index in [1.807, 2.05) is 42.5 Å². The van der Waals surface area contributed by atoms with Gasteiger partial charge in [0.2, 0.25) is 0 Å².